The molecule has 1 N–H and O–H groups in total. The molecular formula is C14H22O4. The van der Waals surface area contributed by atoms with Crippen molar-refractivity contribution in [1.82, 2.24) is 0 Å². The summed E-state index contributed by atoms with van der Waals surface area (Å²) in [6.07, 6.45) is -0.971. The maximum atomic E-state index is 10.4. The third-order valence-corrected chi connectivity index (χ3v) is 2.96. The Morgan fingerprint density at radius 1 is 0.944 bits per heavy atom. The summed E-state index contributed by atoms with van der Waals surface area (Å²) in [7, 11) is 4.77. The Bertz CT molecular complexity index is 354. The van der Waals surface area contributed by atoms with Crippen LogP contribution >= 0.6 is 0 Å². The molecule has 1 aromatic carbocycles. The van der Waals surface area contributed by atoms with E-state index in [0.29, 0.717) is 11.5 Å². The average molecular weight is 254 g/mol. The van der Waals surface area contributed by atoms with Crippen molar-refractivity contribution in [3.05, 3.63) is 23.8 Å². The summed E-state index contributed by atoms with van der Waals surface area (Å²) in [6.45, 7) is 4.02. The van der Waals surface area contributed by atoms with Gasteiger partial charge in [0.1, 0.15) is 17.6 Å². The Hall–Kier alpha value is -1.26. The first-order valence-corrected chi connectivity index (χ1v) is 5.97. The molecule has 0 aliphatic carbocycles. The van der Waals surface area contributed by atoms with Gasteiger partial charge in [0.05, 0.1) is 20.3 Å². The molecule has 4 heteroatoms. The van der Waals surface area contributed by atoms with Gasteiger partial charge in [-0.1, -0.05) is 13.8 Å². The molecule has 0 aromatic heterocycles. The van der Waals surface area contributed by atoms with E-state index >= 15 is 0 Å². The summed E-state index contributed by atoms with van der Waals surface area (Å²) < 4.78 is 15.7. The summed E-state index contributed by atoms with van der Waals surface area (Å²) in [5.41, 5.74) is 0.728. The molecule has 0 aliphatic rings. The Morgan fingerprint density at radius 3 is 1.78 bits per heavy atom. The van der Waals surface area contributed by atoms with E-state index < -0.39 is 6.10 Å². The second-order valence-electron chi connectivity index (χ2n) is 4.54. The highest BCUT2D eigenvalue weighted by molar-refractivity contribution is 5.39. The SMILES string of the molecule is COc1cc(OC)cc(C(O)C(OC)C(C)C)c1. The number of ether oxygens (including phenoxy) is 3. The van der Waals surface area contributed by atoms with Crippen molar-refractivity contribution in [3.8, 4) is 11.5 Å². The van der Waals surface area contributed by atoms with E-state index in [1.54, 1.807) is 39.5 Å². The first kappa shape index (κ1) is 14.8. The molecule has 2 unspecified atom stereocenters. The fourth-order valence-corrected chi connectivity index (χ4v) is 1.96. The number of aliphatic hydroxyl groups is 1. The van der Waals surface area contributed by atoms with Crippen molar-refractivity contribution < 1.29 is 19.3 Å². The number of hydrogen-bond acceptors (Lipinski definition) is 4. The Labute approximate surface area is 108 Å². The number of benzene rings is 1. The highest BCUT2D eigenvalue weighted by Gasteiger charge is 2.24. The first-order valence-electron chi connectivity index (χ1n) is 5.97. The molecule has 18 heavy (non-hydrogen) atoms. The summed E-state index contributed by atoms with van der Waals surface area (Å²) in [6, 6.07) is 5.36. The molecule has 1 rings (SSSR count). The van der Waals surface area contributed by atoms with Gasteiger partial charge in [0.2, 0.25) is 0 Å². The minimum atomic E-state index is -0.709. The van der Waals surface area contributed by atoms with Crippen LogP contribution in [-0.4, -0.2) is 32.5 Å². The van der Waals surface area contributed by atoms with Crippen LogP contribution in [0.2, 0.25) is 0 Å². The van der Waals surface area contributed by atoms with Gasteiger partial charge >= 0.3 is 0 Å². The number of hydrogen-bond donors (Lipinski definition) is 1. The molecule has 0 heterocycles. The van der Waals surface area contributed by atoms with Gasteiger partial charge in [0.25, 0.3) is 0 Å². The van der Waals surface area contributed by atoms with Crippen molar-refractivity contribution in [3.63, 3.8) is 0 Å². The molecule has 0 bridgehead atoms. The summed E-state index contributed by atoms with van der Waals surface area (Å²) in [4.78, 5) is 0. The van der Waals surface area contributed by atoms with Crippen LogP contribution < -0.4 is 9.47 Å². The minimum Gasteiger partial charge on any atom is -0.497 e. The third-order valence-electron chi connectivity index (χ3n) is 2.96. The van der Waals surface area contributed by atoms with Gasteiger partial charge in [-0.15, -0.1) is 0 Å². The normalized spacial score (nSPS) is 14.4. The van der Waals surface area contributed by atoms with Crippen LogP contribution in [0.5, 0.6) is 11.5 Å². The lowest BCUT2D eigenvalue weighted by Crippen LogP contribution is -2.26. The maximum absolute atomic E-state index is 10.4. The number of aliphatic hydroxyl groups excluding tert-OH is 1. The van der Waals surface area contributed by atoms with E-state index in [2.05, 4.69) is 0 Å². The molecule has 0 amide bonds. The van der Waals surface area contributed by atoms with Gasteiger partial charge in [-0.2, -0.15) is 0 Å². The first-order chi connectivity index (χ1) is 8.53. The van der Waals surface area contributed by atoms with Gasteiger partial charge < -0.3 is 19.3 Å². The predicted octanol–water partition coefficient (Wildman–Crippen LogP) is 2.41. The molecule has 2 atom stereocenters. The number of rotatable bonds is 6. The van der Waals surface area contributed by atoms with Crippen LogP contribution in [0.15, 0.2) is 18.2 Å². The molecule has 0 aliphatic heterocycles. The molecule has 102 valence electrons. The van der Waals surface area contributed by atoms with E-state index in [4.69, 9.17) is 14.2 Å². The standard InChI is InChI=1S/C14H22O4/c1-9(2)14(18-5)13(15)10-6-11(16-3)8-12(7-10)17-4/h6-9,13-15H,1-5H3. The smallest absolute Gasteiger partial charge is 0.122 e. The van der Waals surface area contributed by atoms with Crippen molar-refractivity contribution >= 4 is 0 Å². The van der Waals surface area contributed by atoms with E-state index in [1.165, 1.54) is 0 Å². The van der Waals surface area contributed by atoms with Crippen molar-refractivity contribution in [2.75, 3.05) is 21.3 Å². The van der Waals surface area contributed by atoms with Gasteiger partial charge in [-0.25, -0.2) is 0 Å². The largest absolute Gasteiger partial charge is 0.497 e. The fourth-order valence-electron chi connectivity index (χ4n) is 1.96. The van der Waals surface area contributed by atoms with Gasteiger partial charge in [-0.05, 0) is 23.6 Å². The van der Waals surface area contributed by atoms with E-state index in [9.17, 15) is 5.11 Å². The molecule has 0 radical (unpaired) electrons. The van der Waals surface area contributed by atoms with E-state index in [-0.39, 0.29) is 12.0 Å². The molecule has 0 saturated carbocycles. The van der Waals surface area contributed by atoms with Crippen LogP contribution in [0.4, 0.5) is 0 Å². The van der Waals surface area contributed by atoms with Crippen molar-refractivity contribution in [1.29, 1.82) is 0 Å². The second-order valence-corrected chi connectivity index (χ2v) is 4.54. The van der Waals surface area contributed by atoms with E-state index in [1.807, 2.05) is 13.8 Å². The highest BCUT2D eigenvalue weighted by Crippen LogP contribution is 2.30. The van der Waals surface area contributed by atoms with Crippen molar-refractivity contribution in [2.24, 2.45) is 5.92 Å². The maximum Gasteiger partial charge on any atom is 0.122 e. The van der Waals surface area contributed by atoms with Crippen LogP contribution in [0.25, 0.3) is 0 Å². The quantitative estimate of drug-likeness (QED) is 0.847. The Balaban J connectivity index is 3.06. The van der Waals surface area contributed by atoms with Gasteiger partial charge in [0.15, 0.2) is 0 Å². The molecule has 1 aromatic rings. The lowest BCUT2D eigenvalue weighted by Gasteiger charge is -2.25. The molecule has 4 nitrogen and oxygen atoms in total. The predicted molar refractivity (Wildman–Crippen MR) is 70.1 cm³/mol. The molecular weight excluding hydrogens is 232 g/mol. The Kier molecular flexibility index (Phi) is 5.44. The second kappa shape index (κ2) is 6.61. The molecule has 0 spiro atoms. The molecule has 0 fully saturated rings. The topological polar surface area (TPSA) is 47.9 Å². The van der Waals surface area contributed by atoms with Gasteiger partial charge in [-0.3, -0.25) is 0 Å². The fraction of sp³-hybridized carbons (Fsp3) is 0.571. The third kappa shape index (κ3) is 3.37. The summed E-state index contributed by atoms with van der Waals surface area (Å²) in [5.74, 6) is 1.52. The average Bonchev–Trinajstić information content (AvgIpc) is 2.38. The zero-order chi connectivity index (χ0) is 13.7. The van der Waals surface area contributed by atoms with Gasteiger partial charge in [0, 0.05) is 13.2 Å². The lowest BCUT2D eigenvalue weighted by molar-refractivity contribution is -0.0392. The lowest BCUT2D eigenvalue weighted by atomic mass is 9.95. The van der Waals surface area contributed by atoms with Crippen LogP contribution in [0.1, 0.15) is 25.5 Å². The van der Waals surface area contributed by atoms with E-state index in [0.717, 1.165) is 5.56 Å². The summed E-state index contributed by atoms with van der Waals surface area (Å²) in [5, 5.41) is 10.4. The summed E-state index contributed by atoms with van der Waals surface area (Å²) >= 11 is 0. The van der Waals surface area contributed by atoms with Crippen LogP contribution in [0.3, 0.4) is 0 Å². The minimum absolute atomic E-state index is 0.210. The highest BCUT2D eigenvalue weighted by atomic mass is 16.5. The Morgan fingerprint density at radius 2 is 1.44 bits per heavy atom. The monoisotopic (exact) mass is 254 g/mol. The van der Waals surface area contributed by atoms with Crippen LogP contribution in [0, 0.1) is 5.92 Å². The van der Waals surface area contributed by atoms with Crippen molar-refractivity contribution in [2.45, 2.75) is 26.1 Å². The zero-order valence-corrected chi connectivity index (χ0v) is 11.6. The van der Waals surface area contributed by atoms with Crippen LogP contribution in [-0.2, 0) is 4.74 Å². The zero-order valence-electron chi connectivity index (χ0n) is 11.6. The molecule has 0 saturated heterocycles. The number of methoxy groups -OCH3 is 3.